The van der Waals surface area contributed by atoms with E-state index in [4.69, 9.17) is 9.47 Å². The second-order valence-electron chi connectivity index (χ2n) is 9.20. The van der Waals surface area contributed by atoms with Crippen molar-refractivity contribution in [2.45, 2.75) is 38.6 Å². The Balaban J connectivity index is 1.15. The summed E-state index contributed by atoms with van der Waals surface area (Å²) in [6.45, 7) is 9.08. The van der Waals surface area contributed by atoms with Crippen molar-refractivity contribution >= 4 is 17.8 Å². The van der Waals surface area contributed by atoms with E-state index in [0.717, 1.165) is 57.9 Å². The third-order valence-corrected chi connectivity index (χ3v) is 6.92. The lowest BCUT2D eigenvalue weighted by Crippen LogP contribution is -2.68. The van der Waals surface area contributed by atoms with Gasteiger partial charge in [0.25, 0.3) is 0 Å². The monoisotopic (exact) mass is 430 g/mol. The number of methoxy groups -OCH3 is 1. The van der Waals surface area contributed by atoms with Crippen molar-refractivity contribution in [2.24, 2.45) is 5.41 Å². The molecule has 4 rings (SSSR count). The fourth-order valence-electron chi connectivity index (χ4n) is 5.04. The summed E-state index contributed by atoms with van der Waals surface area (Å²) in [7, 11) is 1.38. The van der Waals surface area contributed by atoms with Crippen molar-refractivity contribution in [3.8, 4) is 0 Å². The average Bonchev–Trinajstić information content (AvgIpc) is 2.73. The van der Waals surface area contributed by atoms with Crippen LogP contribution in [-0.4, -0.2) is 92.3 Å². The van der Waals surface area contributed by atoms with Crippen molar-refractivity contribution in [2.75, 3.05) is 64.4 Å². The van der Waals surface area contributed by atoms with Gasteiger partial charge in [0.2, 0.25) is 0 Å². The molecule has 3 aliphatic rings. The molecule has 3 fully saturated rings. The molecular weight excluding hydrogens is 396 g/mol. The number of nitrogens with zero attached hydrogens (tertiary/aromatic N) is 4. The number of hydrogen-bond acceptors (Lipinski definition) is 8. The molecule has 170 valence electrons. The number of carbonyl (C=O) groups excluding carboxylic acids is 2. The van der Waals surface area contributed by atoms with Gasteiger partial charge in [-0.2, -0.15) is 0 Å². The first-order valence-corrected chi connectivity index (χ1v) is 11.4. The van der Waals surface area contributed by atoms with Gasteiger partial charge in [-0.15, -0.1) is 0 Å². The van der Waals surface area contributed by atoms with Crippen LogP contribution >= 0.6 is 0 Å². The molecule has 8 heteroatoms. The normalized spacial score (nSPS) is 21.4. The Morgan fingerprint density at radius 1 is 1.16 bits per heavy atom. The van der Waals surface area contributed by atoms with Gasteiger partial charge < -0.3 is 14.4 Å². The predicted molar refractivity (Wildman–Crippen MR) is 117 cm³/mol. The quantitative estimate of drug-likeness (QED) is 0.457. The van der Waals surface area contributed by atoms with Crippen LogP contribution in [0.4, 0.5) is 5.82 Å². The third-order valence-electron chi connectivity index (χ3n) is 6.92. The van der Waals surface area contributed by atoms with Gasteiger partial charge in [0, 0.05) is 56.9 Å². The maximum Gasteiger partial charge on any atom is 0.339 e. The van der Waals surface area contributed by atoms with E-state index >= 15 is 0 Å². The number of anilines is 1. The summed E-state index contributed by atoms with van der Waals surface area (Å²) in [4.78, 5) is 35.0. The lowest BCUT2D eigenvalue weighted by atomic mass is 9.60. The molecule has 0 unspecified atom stereocenters. The van der Waals surface area contributed by atoms with E-state index in [-0.39, 0.29) is 11.9 Å². The molecule has 0 N–H and O–H groups in total. The van der Waals surface area contributed by atoms with E-state index in [1.807, 2.05) is 6.07 Å². The molecule has 1 spiro atoms. The van der Waals surface area contributed by atoms with E-state index in [2.05, 4.69) is 26.6 Å². The number of ether oxygens (including phenoxy) is 2. The minimum atomic E-state index is -0.352. The van der Waals surface area contributed by atoms with Crippen molar-refractivity contribution < 1.29 is 19.1 Å². The minimum absolute atomic E-state index is 0.0905. The number of pyridine rings is 1. The lowest BCUT2D eigenvalue weighted by Gasteiger charge is -2.62. The Labute approximate surface area is 184 Å². The first kappa shape index (κ1) is 22.0. The highest BCUT2D eigenvalue weighted by molar-refractivity contribution is 5.89. The van der Waals surface area contributed by atoms with Gasteiger partial charge in [0.05, 0.1) is 25.8 Å². The molecule has 0 aromatic carbocycles. The lowest BCUT2D eigenvalue weighted by molar-refractivity contribution is -0.145. The summed E-state index contributed by atoms with van der Waals surface area (Å²) in [5.74, 6) is 0.489. The third kappa shape index (κ3) is 5.01. The Hall–Kier alpha value is -2.19. The Kier molecular flexibility index (Phi) is 6.77. The molecule has 1 aliphatic carbocycles. The molecule has 1 aromatic rings. The van der Waals surface area contributed by atoms with Gasteiger partial charge in [0.1, 0.15) is 5.82 Å². The molecule has 0 bridgehead atoms. The van der Waals surface area contributed by atoms with E-state index < -0.39 is 0 Å². The van der Waals surface area contributed by atoms with E-state index in [0.29, 0.717) is 30.2 Å². The molecule has 0 radical (unpaired) electrons. The molecule has 2 saturated heterocycles. The van der Waals surface area contributed by atoms with Gasteiger partial charge in [-0.3, -0.25) is 14.6 Å². The molecule has 8 nitrogen and oxygen atoms in total. The predicted octanol–water partition coefficient (Wildman–Crippen LogP) is 1.80. The van der Waals surface area contributed by atoms with Crippen LogP contribution in [0.1, 0.15) is 43.0 Å². The van der Waals surface area contributed by atoms with Gasteiger partial charge in [0.15, 0.2) is 0 Å². The van der Waals surface area contributed by atoms with Crippen LogP contribution in [0.15, 0.2) is 18.3 Å². The smallest absolute Gasteiger partial charge is 0.339 e. The number of aromatic nitrogens is 1. The van der Waals surface area contributed by atoms with Gasteiger partial charge >= 0.3 is 11.9 Å². The van der Waals surface area contributed by atoms with E-state index in [1.165, 1.54) is 20.0 Å². The number of piperazine rings is 1. The summed E-state index contributed by atoms with van der Waals surface area (Å²) >= 11 is 0. The molecule has 0 amide bonds. The van der Waals surface area contributed by atoms with Crippen LogP contribution in [0, 0.1) is 5.41 Å². The molecule has 3 heterocycles. The Morgan fingerprint density at radius 2 is 1.90 bits per heavy atom. The number of carbonyl (C=O) groups is 2. The number of hydrogen-bond donors (Lipinski definition) is 0. The topological polar surface area (TPSA) is 75.2 Å². The standard InChI is InChI=1S/C23H34N4O4/c1-3-4-11-31-21(28)15-25-7-9-26(10-8-25)19-12-23(13-19)16-27(17-23)20-6-5-18(14-24-20)22(29)30-2/h5-6,14,19H,3-4,7-13,15-17H2,1-2H3. The van der Waals surface area contributed by atoms with Crippen molar-refractivity contribution in [3.63, 3.8) is 0 Å². The number of unbranched alkanes of at least 4 members (excludes halogenated alkanes) is 1. The second kappa shape index (κ2) is 9.53. The maximum atomic E-state index is 11.9. The van der Waals surface area contributed by atoms with Crippen LogP contribution in [0.3, 0.4) is 0 Å². The molecular formula is C23H34N4O4. The first-order chi connectivity index (χ1) is 15.0. The molecule has 2 aliphatic heterocycles. The largest absolute Gasteiger partial charge is 0.465 e. The zero-order valence-electron chi connectivity index (χ0n) is 18.7. The number of rotatable bonds is 8. The molecule has 31 heavy (non-hydrogen) atoms. The van der Waals surface area contributed by atoms with E-state index in [1.54, 1.807) is 12.3 Å². The molecule has 0 atom stereocenters. The highest BCUT2D eigenvalue weighted by Crippen LogP contribution is 2.51. The summed E-state index contributed by atoms with van der Waals surface area (Å²) < 4.78 is 10.0. The maximum absolute atomic E-state index is 11.9. The Bertz CT molecular complexity index is 762. The fraction of sp³-hybridized carbons (Fsp3) is 0.696. The SMILES string of the molecule is CCCCOC(=O)CN1CCN(C2CC3(C2)CN(c2ccc(C(=O)OC)cn2)C3)CC1. The van der Waals surface area contributed by atoms with Crippen molar-refractivity contribution in [1.82, 2.24) is 14.8 Å². The van der Waals surface area contributed by atoms with Gasteiger partial charge in [-0.1, -0.05) is 13.3 Å². The average molecular weight is 431 g/mol. The summed E-state index contributed by atoms with van der Waals surface area (Å²) in [5, 5.41) is 0. The van der Waals surface area contributed by atoms with Crippen LogP contribution in [0.5, 0.6) is 0 Å². The van der Waals surface area contributed by atoms with Crippen LogP contribution in [-0.2, 0) is 14.3 Å². The second-order valence-corrected chi connectivity index (χ2v) is 9.20. The first-order valence-electron chi connectivity index (χ1n) is 11.4. The minimum Gasteiger partial charge on any atom is -0.465 e. The Morgan fingerprint density at radius 3 is 2.52 bits per heavy atom. The molecule has 1 aromatic heterocycles. The number of esters is 2. The summed E-state index contributed by atoms with van der Waals surface area (Å²) in [6.07, 6.45) is 6.06. The van der Waals surface area contributed by atoms with Crippen LogP contribution < -0.4 is 4.90 Å². The van der Waals surface area contributed by atoms with Crippen LogP contribution in [0.2, 0.25) is 0 Å². The molecule has 1 saturated carbocycles. The van der Waals surface area contributed by atoms with Crippen molar-refractivity contribution in [3.05, 3.63) is 23.9 Å². The summed E-state index contributed by atoms with van der Waals surface area (Å²) in [6, 6.07) is 4.35. The zero-order chi connectivity index (χ0) is 21.8. The van der Waals surface area contributed by atoms with Crippen LogP contribution in [0.25, 0.3) is 0 Å². The highest BCUT2D eigenvalue weighted by Gasteiger charge is 2.54. The van der Waals surface area contributed by atoms with Crippen molar-refractivity contribution in [1.29, 1.82) is 0 Å². The van der Waals surface area contributed by atoms with Gasteiger partial charge in [-0.05, 0) is 31.4 Å². The fourth-order valence-corrected chi connectivity index (χ4v) is 5.04. The highest BCUT2D eigenvalue weighted by atomic mass is 16.5. The van der Waals surface area contributed by atoms with E-state index in [9.17, 15) is 9.59 Å². The van der Waals surface area contributed by atoms with Gasteiger partial charge in [-0.25, -0.2) is 9.78 Å². The summed E-state index contributed by atoms with van der Waals surface area (Å²) in [5.41, 5.74) is 0.909. The zero-order valence-corrected chi connectivity index (χ0v) is 18.7.